The second-order valence-electron chi connectivity index (χ2n) is 7.86. The number of hydrogen-bond donors (Lipinski definition) is 2. The highest BCUT2D eigenvalue weighted by atomic mass is 16.5. The van der Waals surface area contributed by atoms with E-state index in [4.69, 9.17) is 4.74 Å². The van der Waals surface area contributed by atoms with Crippen molar-refractivity contribution >= 4 is 29.0 Å². The number of amides is 2. The number of methoxy groups -OCH3 is 1. The number of pyridine rings is 1. The average molecular weight is 447 g/mol. The van der Waals surface area contributed by atoms with E-state index < -0.39 is 0 Å². The second kappa shape index (κ2) is 10.1. The molecule has 1 aromatic carbocycles. The van der Waals surface area contributed by atoms with E-state index in [0.29, 0.717) is 43.1 Å². The zero-order valence-electron chi connectivity index (χ0n) is 18.6. The standard InChI is InChI=1S/C24H26N6O3/c1-16(31)26-19-3-5-22(33-2)21(15-19)27-24(32)18-9-13-30(14-10-18)23-6-4-20(28-29-23)17-7-11-25-12-8-17/h3-8,11-12,15,18H,9-10,13-14H2,1-2H3,(H,26,31)(H,27,32). The van der Waals surface area contributed by atoms with Crippen molar-refractivity contribution in [3.8, 4) is 17.0 Å². The minimum Gasteiger partial charge on any atom is -0.495 e. The van der Waals surface area contributed by atoms with E-state index in [9.17, 15) is 9.59 Å². The van der Waals surface area contributed by atoms with E-state index in [1.807, 2.05) is 24.3 Å². The number of carbonyl (C=O) groups excluding carboxylic acids is 2. The summed E-state index contributed by atoms with van der Waals surface area (Å²) in [6.07, 6.45) is 4.86. The van der Waals surface area contributed by atoms with E-state index in [2.05, 4.69) is 30.7 Å². The third kappa shape index (κ3) is 5.43. The van der Waals surface area contributed by atoms with Crippen LogP contribution in [0.2, 0.25) is 0 Å². The van der Waals surface area contributed by atoms with Gasteiger partial charge in [0, 0.05) is 49.6 Å². The fourth-order valence-corrected chi connectivity index (χ4v) is 3.86. The number of aromatic nitrogens is 3. The molecule has 3 heterocycles. The largest absolute Gasteiger partial charge is 0.495 e. The van der Waals surface area contributed by atoms with Crippen molar-refractivity contribution in [1.29, 1.82) is 0 Å². The van der Waals surface area contributed by atoms with E-state index in [0.717, 1.165) is 17.1 Å². The van der Waals surface area contributed by atoms with Gasteiger partial charge in [0.05, 0.1) is 18.5 Å². The Hall–Kier alpha value is -4.01. The summed E-state index contributed by atoms with van der Waals surface area (Å²) in [7, 11) is 1.54. The molecule has 0 bridgehead atoms. The van der Waals surface area contributed by atoms with Gasteiger partial charge < -0.3 is 20.3 Å². The van der Waals surface area contributed by atoms with Crippen molar-refractivity contribution in [1.82, 2.24) is 15.2 Å². The first-order valence-corrected chi connectivity index (χ1v) is 10.8. The molecule has 0 atom stereocenters. The fourth-order valence-electron chi connectivity index (χ4n) is 3.86. The number of rotatable bonds is 6. The molecule has 0 saturated carbocycles. The zero-order valence-corrected chi connectivity index (χ0v) is 18.6. The van der Waals surface area contributed by atoms with Gasteiger partial charge in [-0.05, 0) is 55.3 Å². The van der Waals surface area contributed by atoms with Crippen LogP contribution in [0, 0.1) is 5.92 Å². The fraction of sp³-hybridized carbons (Fsp3) is 0.292. The Morgan fingerprint density at radius 3 is 2.39 bits per heavy atom. The van der Waals surface area contributed by atoms with Crippen LogP contribution in [0.5, 0.6) is 5.75 Å². The average Bonchev–Trinajstić information content (AvgIpc) is 2.85. The van der Waals surface area contributed by atoms with Gasteiger partial charge in [-0.1, -0.05) is 0 Å². The number of anilines is 3. The van der Waals surface area contributed by atoms with Crippen LogP contribution in [0.1, 0.15) is 19.8 Å². The first-order chi connectivity index (χ1) is 16.0. The number of ether oxygens (including phenoxy) is 1. The lowest BCUT2D eigenvalue weighted by molar-refractivity contribution is -0.120. The molecule has 2 amide bonds. The van der Waals surface area contributed by atoms with Gasteiger partial charge in [-0.2, -0.15) is 0 Å². The molecule has 1 saturated heterocycles. The van der Waals surface area contributed by atoms with Crippen molar-refractivity contribution in [3.05, 3.63) is 54.9 Å². The van der Waals surface area contributed by atoms with Gasteiger partial charge in [-0.25, -0.2) is 0 Å². The number of nitrogens with one attached hydrogen (secondary N) is 2. The van der Waals surface area contributed by atoms with Crippen molar-refractivity contribution in [2.24, 2.45) is 5.92 Å². The van der Waals surface area contributed by atoms with Crippen LogP contribution in [0.4, 0.5) is 17.2 Å². The van der Waals surface area contributed by atoms with Gasteiger partial charge in [-0.3, -0.25) is 14.6 Å². The molecule has 0 aliphatic carbocycles. The maximum absolute atomic E-state index is 12.9. The zero-order chi connectivity index (χ0) is 23.2. The molecule has 2 aromatic heterocycles. The van der Waals surface area contributed by atoms with Gasteiger partial charge in [0.2, 0.25) is 11.8 Å². The molecule has 0 radical (unpaired) electrons. The maximum Gasteiger partial charge on any atom is 0.227 e. The molecule has 0 spiro atoms. The molecule has 9 heteroatoms. The molecule has 170 valence electrons. The Bertz CT molecular complexity index is 1110. The third-order valence-corrected chi connectivity index (χ3v) is 5.59. The minimum absolute atomic E-state index is 0.0629. The monoisotopic (exact) mass is 446 g/mol. The molecular weight excluding hydrogens is 420 g/mol. The number of piperidine rings is 1. The van der Waals surface area contributed by atoms with Crippen molar-refractivity contribution in [2.75, 3.05) is 35.7 Å². The van der Waals surface area contributed by atoms with Crippen LogP contribution in [-0.2, 0) is 9.59 Å². The number of carbonyl (C=O) groups is 2. The summed E-state index contributed by atoms with van der Waals surface area (Å²) in [5, 5.41) is 14.4. The summed E-state index contributed by atoms with van der Waals surface area (Å²) in [6.45, 7) is 2.86. The van der Waals surface area contributed by atoms with Gasteiger partial charge in [0.15, 0.2) is 5.82 Å². The van der Waals surface area contributed by atoms with Crippen LogP contribution in [0.3, 0.4) is 0 Å². The molecule has 9 nitrogen and oxygen atoms in total. The first-order valence-electron chi connectivity index (χ1n) is 10.8. The van der Waals surface area contributed by atoms with Gasteiger partial charge in [0.25, 0.3) is 0 Å². The Balaban J connectivity index is 1.36. The van der Waals surface area contributed by atoms with Crippen molar-refractivity contribution in [2.45, 2.75) is 19.8 Å². The van der Waals surface area contributed by atoms with Crippen LogP contribution in [-0.4, -0.2) is 47.2 Å². The molecule has 0 unspecified atom stereocenters. The number of benzene rings is 1. The van der Waals surface area contributed by atoms with Crippen molar-refractivity contribution < 1.29 is 14.3 Å². The Labute approximate surface area is 192 Å². The van der Waals surface area contributed by atoms with Gasteiger partial charge in [-0.15, -0.1) is 10.2 Å². The first kappa shape index (κ1) is 22.2. The number of hydrogen-bond acceptors (Lipinski definition) is 7. The predicted octanol–water partition coefficient (Wildman–Crippen LogP) is 3.36. The van der Waals surface area contributed by atoms with E-state index in [1.54, 1.807) is 37.7 Å². The van der Waals surface area contributed by atoms with E-state index in [1.165, 1.54) is 6.92 Å². The lowest BCUT2D eigenvalue weighted by Crippen LogP contribution is -2.38. The quantitative estimate of drug-likeness (QED) is 0.597. The lowest BCUT2D eigenvalue weighted by atomic mass is 9.95. The summed E-state index contributed by atoms with van der Waals surface area (Å²) in [5.41, 5.74) is 2.90. The van der Waals surface area contributed by atoms with Gasteiger partial charge >= 0.3 is 0 Å². The molecule has 33 heavy (non-hydrogen) atoms. The maximum atomic E-state index is 12.9. The summed E-state index contributed by atoms with van der Waals surface area (Å²) in [4.78, 5) is 30.4. The predicted molar refractivity (Wildman–Crippen MR) is 126 cm³/mol. The van der Waals surface area contributed by atoms with E-state index in [-0.39, 0.29) is 17.7 Å². The Morgan fingerprint density at radius 2 is 1.76 bits per heavy atom. The highest BCUT2D eigenvalue weighted by Gasteiger charge is 2.26. The normalized spacial score (nSPS) is 13.9. The third-order valence-electron chi connectivity index (χ3n) is 5.59. The van der Waals surface area contributed by atoms with Crippen LogP contribution in [0.25, 0.3) is 11.3 Å². The Morgan fingerprint density at radius 1 is 1.00 bits per heavy atom. The molecule has 4 rings (SSSR count). The molecule has 3 aromatic rings. The smallest absolute Gasteiger partial charge is 0.227 e. The van der Waals surface area contributed by atoms with E-state index >= 15 is 0 Å². The summed E-state index contributed by atoms with van der Waals surface area (Å²) >= 11 is 0. The minimum atomic E-state index is -0.179. The SMILES string of the molecule is COc1ccc(NC(C)=O)cc1NC(=O)C1CCN(c2ccc(-c3ccncc3)nn2)CC1. The molecule has 2 N–H and O–H groups in total. The highest BCUT2D eigenvalue weighted by molar-refractivity contribution is 5.96. The molecule has 1 aliphatic heterocycles. The summed E-state index contributed by atoms with van der Waals surface area (Å²) in [6, 6.07) is 12.9. The topological polar surface area (TPSA) is 109 Å². The summed E-state index contributed by atoms with van der Waals surface area (Å²) in [5.74, 6) is 0.976. The highest BCUT2D eigenvalue weighted by Crippen LogP contribution is 2.30. The molecule has 1 fully saturated rings. The van der Waals surface area contributed by atoms with Crippen LogP contribution < -0.4 is 20.3 Å². The molecule has 1 aliphatic rings. The van der Waals surface area contributed by atoms with Crippen molar-refractivity contribution in [3.63, 3.8) is 0 Å². The number of nitrogens with zero attached hydrogens (tertiary/aromatic N) is 4. The summed E-state index contributed by atoms with van der Waals surface area (Å²) < 4.78 is 5.36. The lowest BCUT2D eigenvalue weighted by Gasteiger charge is -2.32. The molecular formula is C24H26N6O3. The Kier molecular flexibility index (Phi) is 6.77. The van der Waals surface area contributed by atoms with Crippen LogP contribution >= 0.6 is 0 Å². The van der Waals surface area contributed by atoms with Crippen LogP contribution in [0.15, 0.2) is 54.9 Å². The second-order valence-corrected chi connectivity index (χ2v) is 7.86. The van der Waals surface area contributed by atoms with Gasteiger partial charge in [0.1, 0.15) is 5.75 Å².